The zero-order valence-corrected chi connectivity index (χ0v) is 15.9. The number of aliphatic hydroxyl groups is 1. The second-order valence-electron chi connectivity index (χ2n) is 6.50. The maximum atomic E-state index is 14.3. The molecule has 2 aromatic carbocycles. The van der Waals surface area contributed by atoms with Crippen molar-refractivity contribution in [1.82, 2.24) is 0 Å². The number of methoxy groups -OCH3 is 2. The fraction of sp³-hybridized carbons (Fsp3) is 0.429. The minimum absolute atomic E-state index is 0.108. The minimum Gasteiger partial charge on any atom is -0.497 e. The number of rotatable bonds is 9. The SMILES string of the molecule is COc1ccc(COC[C@H]2OC(O)[C@@H](F)[C@@H]2OCc2ccc(OC)cc2)cc1. The lowest BCUT2D eigenvalue weighted by Crippen LogP contribution is -2.34. The second-order valence-corrected chi connectivity index (χ2v) is 6.50. The first kappa shape index (κ1) is 20.5. The number of benzene rings is 2. The summed E-state index contributed by atoms with van der Waals surface area (Å²) in [5.41, 5.74) is 1.82. The van der Waals surface area contributed by atoms with Gasteiger partial charge in [0.1, 0.15) is 23.7 Å². The highest BCUT2D eigenvalue weighted by Crippen LogP contribution is 2.27. The van der Waals surface area contributed by atoms with E-state index in [0.29, 0.717) is 6.61 Å². The predicted molar refractivity (Wildman–Crippen MR) is 100.0 cm³/mol. The van der Waals surface area contributed by atoms with Gasteiger partial charge in [0.05, 0.1) is 34.0 Å². The molecular weight excluding hydrogens is 367 g/mol. The Bertz CT molecular complexity index is 721. The van der Waals surface area contributed by atoms with E-state index >= 15 is 0 Å². The van der Waals surface area contributed by atoms with Crippen LogP contribution in [0.3, 0.4) is 0 Å². The van der Waals surface area contributed by atoms with Gasteiger partial charge in [0, 0.05) is 0 Å². The first-order valence-corrected chi connectivity index (χ1v) is 9.03. The van der Waals surface area contributed by atoms with Crippen LogP contribution in [0.25, 0.3) is 0 Å². The van der Waals surface area contributed by atoms with Crippen molar-refractivity contribution in [2.45, 2.75) is 37.9 Å². The summed E-state index contributed by atoms with van der Waals surface area (Å²) in [6.45, 7) is 0.638. The van der Waals surface area contributed by atoms with E-state index in [9.17, 15) is 9.50 Å². The van der Waals surface area contributed by atoms with Crippen LogP contribution in [0.4, 0.5) is 4.39 Å². The van der Waals surface area contributed by atoms with Crippen molar-refractivity contribution in [3.05, 3.63) is 59.7 Å². The predicted octanol–water partition coefficient (Wildman–Crippen LogP) is 2.86. The topological polar surface area (TPSA) is 66.4 Å². The van der Waals surface area contributed by atoms with Gasteiger partial charge in [0.15, 0.2) is 12.5 Å². The quantitative estimate of drug-likeness (QED) is 0.708. The van der Waals surface area contributed by atoms with E-state index in [2.05, 4.69) is 0 Å². The molecule has 1 saturated heterocycles. The summed E-state index contributed by atoms with van der Waals surface area (Å²) in [5, 5.41) is 9.71. The van der Waals surface area contributed by atoms with E-state index in [0.717, 1.165) is 22.6 Å². The van der Waals surface area contributed by atoms with Crippen molar-refractivity contribution in [3.8, 4) is 11.5 Å². The van der Waals surface area contributed by atoms with Gasteiger partial charge in [-0.3, -0.25) is 0 Å². The number of halogens is 1. The Morgan fingerprint density at radius 1 is 0.893 bits per heavy atom. The van der Waals surface area contributed by atoms with Gasteiger partial charge >= 0.3 is 0 Å². The first-order valence-electron chi connectivity index (χ1n) is 9.03. The molecule has 1 N–H and O–H groups in total. The van der Waals surface area contributed by atoms with Gasteiger partial charge in [-0.05, 0) is 35.4 Å². The van der Waals surface area contributed by atoms with Crippen molar-refractivity contribution in [2.75, 3.05) is 20.8 Å². The van der Waals surface area contributed by atoms with Crippen LogP contribution in [0.2, 0.25) is 0 Å². The van der Waals surface area contributed by atoms with Crippen LogP contribution < -0.4 is 9.47 Å². The molecule has 0 spiro atoms. The molecule has 1 aliphatic heterocycles. The molecule has 0 radical (unpaired) electrons. The van der Waals surface area contributed by atoms with E-state index in [1.54, 1.807) is 26.4 Å². The molecule has 1 unspecified atom stereocenters. The Balaban J connectivity index is 1.51. The molecule has 0 bridgehead atoms. The van der Waals surface area contributed by atoms with Crippen LogP contribution >= 0.6 is 0 Å². The lowest BCUT2D eigenvalue weighted by atomic mass is 10.1. The molecule has 4 atom stereocenters. The van der Waals surface area contributed by atoms with Gasteiger partial charge in [-0.15, -0.1) is 0 Å². The molecule has 2 aromatic rings. The number of ether oxygens (including phenoxy) is 5. The highest BCUT2D eigenvalue weighted by Gasteiger charge is 2.45. The lowest BCUT2D eigenvalue weighted by Gasteiger charge is -2.20. The second kappa shape index (κ2) is 9.84. The first-order chi connectivity index (χ1) is 13.6. The van der Waals surface area contributed by atoms with Gasteiger partial charge in [-0.25, -0.2) is 4.39 Å². The third kappa shape index (κ3) is 5.20. The number of hydrogen-bond acceptors (Lipinski definition) is 6. The Labute approximate surface area is 163 Å². The van der Waals surface area contributed by atoms with Crippen molar-refractivity contribution >= 4 is 0 Å². The average molecular weight is 392 g/mol. The average Bonchev–Trinajstić information content (AvgIpc) is 3.00. The van der Waals surface area contributed by atoms with E-state index in [4.69, 9.17) is 23.7 Å². The fourth-order valence-corrected chi connectivity index (χ4v) is 2.96. The summed E-state index contributed by atoms with van der Waals surface area (Å²) < 4.78 is 41.1. The lowest BCUT2D eigenvalue weighted by molar-refractivity contribution is -0.129. The van der Waals surface area contributed by atoms with Gasteiger partial charge in [-0.2, -0.15) is 0 Å². The van der Waals surface area contributed by atoms with E-state index < -0.39 is 24.7 Å². The summed E-state index contributed by atoms with van der Waals surface area (Å²) in [6, 6.07) is 14.8. The zero-order valence-electron chi connectivity index (χ0n) is 15.9. The van der Waals surface area contributed by atoms with E-state index in [1.807, 2.05) is 36.4 Å². The van der Waals surface area contributed by atoms with Crippen LogP contribution in [0.5, 0.6) is 11.5 Å². The van der Waals surface area contributed by atoms with Crippen LogP contribution in [0.15, 0.2) is 48.5 Å². The summed E-state index contributed by atoms with van der Waals surface area (Å²) in [4.78, 5) is 0. The van der Waals surface area contributed by atoms with Gasteiger partial charge in [-0.1, -0.05) is 24.3 Å². The number of alkyl halides is 1. The zero-order chi connectivity index (χ0) is 19.9. The van der Waals surface area contributed by atoms with Gasteiger partial charge in [0.2, 0.25) is 0 Å². The van der Waals surface area contributed by atoms with E-state index in [1.165, 1.54) is 0 Å². The molecule has 6 nitrogen and oxygen atoms in total. The van der Waals surface area contributed by atoms with Crippen molar-refractivity contribution in [1.29, 1.82) is 0 Å². The highest BCUT2D eigenvalue weighted by molar-refractivity contribution is 5.27. The standard InChI is InChI=1S/C21H25FO6/c1-24-16-7-3-14(4-8-16)11-26-13-18-20(19(22)21(23)28-18)27-12-15-5-9-17(25-2)10-6-15/h3-10,18-21,23H,11-13H2,1-2H3/t18-,19+,20-,21?/m1/s1. The molecule has 0 saturated carbocycles. The molecule has 1 aliphatic rings. The summed E-state index contributed by atoms with van der Waals surface area (Å²) in [7, 11) is 3.20. The molecule has 152 valence electrons. The number of hydrogen-bond donors (Lipinski definition) is 1. The van der Waals surface area contributed by atoms with Crippen LogP contribution in [0, 0.1) is 0 Å². The molecule has 28 heavy (non-hydrogen) atoms. The summed E-state index contributed by atoms with van der Waals surface area (Å²) in [5.74, 6) is 1.50. The Hall–Kier alpha value is -2.19. The minimum atomic E-state index is -1.63. The number of aliphatic hydroxyl groups excluding tert-OH is 1. The van der Waals surface area contributed by atoms with Crippen LogP contribution in [-0.4, -0.2) is 50.6 Å². The molecule has 3 rings (SSSR count). The normalized spacial score (nSPS) is 24.3. The third-order valence-electron chi connectivity index (χ3n) is 4.58. The van der Waals surface area contributed by atoms with Crippen molar-refractivity contribution in [3.63, 3.8) is 0 Å². The maximum absolute atomic E-state index is 14.3. The van der Waals surface area contributed by atoms with E-state index in [-0.39, 0.29) is 13.2 Å². The van der Waals surface area contributed by atoms with Gasteiger partial charge < -0.3 is 28.8 Å². The molecule has 7 heteroatoms. The Morgan fingerprint density at radius 2 is 1.43 bits per heavy atom. The van der Waals surface area contributed by atoms with Gasteiger partial charge in [0.25, 0.3) is 0 Å². The third-order valence-corrected chi connectivity index (χ3v) is 4.58. The van der Waals surface area contributed by atoms with Crippen molar-refractivity contribution < 1.29 is 33.2 Å². The molecule has 0 aromatic heterocycles. The maximum Gasteiger partial charge on any atom is 0.189 e. The largest absolute Gasteiger partial charge is 0.497 e. The Morgan fingerprint density at radius 3 is 1.96 bits per heavy atom. The summed E-state index contributed by atoms with van der Waals surface area (Å²) >= 11 is 0. The molecule has 1 fully saturated rings. The smallest absolute Gasteiger partial charge is 0.189 e. The summed E-state index contributed by atoms with van der Waals surface area (Å²) in [6.07, 6.45) is -4.75. The monoisotopic (exact) mass is 392 g/mol. The molecule has 0 amide bonds. The fourth-order valence-electron chi connectivity index (χ4n) is 2.96. The molecule has 0 aliphatic carbocycles. The Kier molecular flexibility index (Phi) is 7.22. The highest BCUT2D eigenvalue weighted by atomic mass is 19.1. The van der Waals surface area contributed by atoms with Crippen LogP contribution in [0.1, 0.15) is 11.1 Å². The van der Waals surface area contributed by atoms with Crippen molar-refractivity contribution in [2.24, 2.45) is 0 Å². The van der Waals surface area contributed by atoms with Crippen LogP contribution in [-0.2, 0) is 27.4 Å². The molecular formula is C21H25FO6. The molecule has 1 heterocycles.